The van der Waals surface area contributed by atoms with Gasteiger partial charge in [0.25, 0.3) is 5.56 Å². The SMILES string of the molecule is Cc1ccc2c(c1)CCc1oc(C)nc1C2(O)c1c[nH]c(=O)[nH]c1=O. The molecule has 3 N–H and O–H groups in total. The zero-order valence-corrected chi connectivity index (χ0v) is 13.8. The summed E-state index contributed by atoms with van der Waals surface area (Å²) in [5.74, 6) is 0.958. The number of aromatic nitrogens is 3. The van der Waals surface area contributed by atoms with Gasteiger partial charge < -0.3 is 14.5 Å². The molecule has 7 nitrogen and oxygen atoms in total. The minimum absolute atomic E-state index is 0.00801. The monoisotopic (exact) mass is 339 g/mol. The Hall–Kier alpha value is -2.93. The highest BCUT2D eigenvalue weighted by molar-refractivity contribution is 5.50. The summed E-state index contributed by atoms with van der Waals surface area (Å²) in [5, 5.41) is 11.7. The van der Waals surface area contributed by atoms with Crippen LogP contribution in [0.2, 0.25) is 0 Å². The number of hydrogen-bond acceptors (Lipinski definition) is 5. The van der Waals surface area contributed by atoms with Gasteiger partial charge in [-0.2, -0.15) is 0 Å². The fraction of sp³-hybridized carbons (Fsp3) is 0.278. The summed E-state index contributed by atoms with van der Waals surface area (Å²) >= 11 is 0. The van der Waals surface area contributed by atoms with Gasteiger partial charge in [-0.1, -0.05) is 23.8 Å². The standard InChI is InChI=1S/C18H17N3O4/c1-9-3-5-12-11(7-9)4-6-14-15(20-10(2)25-14)18(12,24)13-8-19-17(23)21-16(13)22/h3,5,7-8,24H,4,6H2,1-2H3,(H2,19,21,22,23). The van der Waals surface area contributed by atoms with Crippen molar-refractivity contribution in [3.05, 3.63) is 84.8 Å². The van der Waals surface area contributed by atoms with Crippen molar-refractivity contribution in [1.29, 1.82) is 0 Å². The van der Waals surface area contributed by atoms with E-state index in [9.17, 15) is 14.7 Å². The fourth-order valence-electron chi connectivity index (χ4n) is 3.53. The zero-order valence-electron chi connectivity index (χ0n) is 13.8. The summed E-state index contributed by atoms with van der Waals surface area (Å²) in [7, 11) is 0. The molecule has 0 amide bonds. The lowest BCUT2D eigenvalue weighted by atomic mass is 9.82. The van der Waals surface area contributed by atoms with Gasteiger partial charge in [0, 0.05) is 19.5 Å². The van der Waals surface area contributed by atoms with Crippen molar-refractivity contribution >= 4 is 0 Å². The van der Waals surface area contributed by atoms with Crippen LogP contribution in [-0.4, -0.2) is 20.1 Å². The highest BCUT2D eigenvalue weighted by Crippen LogP contribution is 2.41. The average molecular weight is 339 g/mol. The lowest BCUT2D eigenvalue weighted by Crippen LogP contribution is -2.39. The molecule has 0 aliphatic heterocycles. The van der Waals surface area contributed by atoms with Gasteiger partial charge in [0.15, 0.2) is 11.5 Å². The summed E-state index contributed by atoms with van der Waals surface area (Å²) < 4.78 is 5.67. The van der Waals surface area contributed by atoms with Crippen LogP contribution < -0.4 is 11.2 Å². The Morgan fingerprint density at radius 2 is 2.00 bits per heavy atom. The molecule has 1 aromatic carbocycles. The van der Waals surface area contributed by atoms with Crippen LogP contribution in [0.15, 0.2) is 38.4 Å². The van der Waals surface area contributed by atoms with Crippen LogP contribution in [0.1, 0.15) is 39.6 Å². The van der Waals surface area contributed by atoms with E-state index in [1.54, 1.807) is 13.0 Å². The van der Waals surface area contributed by atoms with Gasteiger partial charge in [-0.15, -0.1) is 0 Å². The largest absolute Gasteiger partial charge is 0.446 e. The van der Waals surface area contributed by atoms with Crippen LogP contribution in [0, 0.1) is 13.8 Å². The molecule has 128 valence electrons. The van der Waals surface area contributed by atoms with E-state index >= 15 is 0 Å². The number of aromatic amines is 2. The predicted molar refractivity (Wildman–Crippen MR) is 89.6 cm³/mol. The third kappa shape index (κ3) is 2.27. The van der Waals surface area contributed by atoms with E-state index in [0.29, 0.717) is 35.7 Å². The van der Waals surface area contributed by atoms with Crippen molar-refractivity contribution in [2.75, 3.05) is 0 Å². The van der Waals surface area contributed by atoms with Crippen LogP contribution in [-0.2, 0) is 18.4 Å². The molecule has 0 spiro atoms. The number of H-pyrrole nitrogens is 2. The minimum Gasteiger partial charge on any atom is -0.446 e. The van der Waals surface area contributed by atoms with Crippen LogP contribution in [0.4, 0.5) is 0 Å². The molecular formula is C18H17N3O4. The van der Waals surface area contributed by atoms with Crippen molar-refractivity contribution in [1.82, 2.24) is 15.0 Å². The van der Waals surface area contributed by atoms with Gasteiger partial charge in [0.05, 0.1) is 5.56 Å². The average Bonchev–Trinajstić information content (AvgIpc) is 2.89. The van der Waals surface area contributed by atoms with Crippen LogP contribution in [0.3, 0.4) is 0 Å². The van der Waals surface area contributed by atoms with Gasteiger partial charge in [0.2, 0.25) is 0 Å². The third-order valence-corrected chi connectivity index (χ3v) is 4.63. The zero-order chi connectivity index (χ0) is 17.8. The third-order valence-electron chi connectivity index (χ3n) is 4.63. The Balaban J connectivity index is 2.11. The molecule has 4 rings (SSSR count). The maximum atomic E-state index is 12.5. The molecule has 1 unspecified atom stereocenters. The molecule has 2 heterocycles. The second-order valence-electron chi connectivity index (χ2n) is 6.36. The summed E-state index contributed by atoms with van der Waals surface area (Å²) in [6.07, 6.45) is 2.46. The van der Waals surface area contributed by atoms with Crippen LogP contribution in [0.25, 0.3) is 0 Å². The Labute approximate surface area is 142 Å². The first kappa shape index (κ1) is 15.6. The van der Waals surface area contributed by atoms with E-state index in [2.05, 4.69) is 15.0 Å². The smallest absolute Gasteiger partial charge is 0.325 e. The number of nitrogens with one attached hydrogen (secondary N) is 2. The number of oxazole rings is 1. The molecule has 0 bridgehead atoms. The topological polar surface area (TPSA) is 112 Å². The summed E-state index contributed by atoms with van der Waals surface area (Å²) in [6, 6.07) is 5.66. The van der Waals surface area contributed by atoms with E-state index in [1.165, 1.54) is 6.20 Å². The van der Waals surface area contributed by atoms with Gasteiger partial charge in [-0.3, -0.25) is 9.78 Å². The first-order chi connectivity index (χ1) is 11.9. The first-order valence-corrected chi connectivity index (χ1v) is 8.01. The molecule has 2 aromatic heterocycles. The maximum absolute atomic E-state index is 12.5. The summed E-state index contributed by atoms with van der Waals surface area (Å²) in [5.41, 5.74) is -0.248. The molecule has 0 radical (unpaired) electrons. The van der Waals surface area contributed by atoms with E-state index in [1.807, 2.05) is 19.1 Å². The molecule has 1 atom stereocenters. The molecule has 1 aliphatic rings. The lowest BCUT2D eigenvalue weighted by molar-refractivity contribution is 0.117. The Kier molecular flexibility index (Phi) is 3.30. The Morgan fingerprint density at radius 1 is 1.20 bits per heavy atom. The van der Waals surface area contributed by atoms with Crippen molar-refractivity contribution in [3.63, 3.8) is 0 Å². The van der Waals surface area contributed by atoms with Gasteiger partial charge in [0.1, 0.15) is 11.5 Å². The second-order valence-corrected chi connectivity index (χ2v) is 6.36. The maximum Gasteiger partial charge on any atom is 0.325 e. The van der Waals surface area contributed by atoms with Crippen LogP contribution >= 0.6 is 0 Å². The molecule has 25 heavy (non-hydrogen) atoms. The summed E-state index contributed by atoms with van der Waals surface area (Å²) in [6.45, 7) is 3.67. The lowest BCUT2D eigenvalue weighted by Gasteiger charge is -2.27. The number of benzene rings is 1. The molecule has 0 saturated carbocycles. The predicted octanol–water partition coefficient (Wildman–Crippen LogP) is 1.05. The molecule has 0 saturated heterocycles. The molecule has 1 aliphatic carbocycles. The van der Waals surface area contributed by atoms with Gasteiger partial charge in [-0.05, 0) is 24.5 Å². The minimum atomic E-state index is -1.80. The molecule has 0 fully saturated rings. The number of nitrogens with zero attached hydrogens (tertiary/aromatic N) is 1. The number of aryl methyl sites for hydroxylation is 4. The first-order valence-electron chi connectivity index (χ1n) is 8.01. The second kappa shape index (κ2) is 5.29. The molecule has 3 aromatic rings. The number of hydrogen-bond donors (Lipinski definition) is 3. The number of fused-ring (bicyclic) bond motifs is 2. The quantitative estimate of drug-likeness (QED) is 0.613. The molecule has 7 heteroatoms. The van der Waals surface area contributed by atoms with E-state index in [-0.39, 0.29) is 5.56 Å². The van der Waals surface area contributed by atoms with E-state index in [4.69, 9.17) is 4.42 Å². The number of rotatable bonds is 1. The fourth-order valence-corrected chi connectivity index (χ4v) is 3.53. The number of aliphatic hydroxyl groups is 1. The highest BCUT2D eigenvalue weighted by atomic mass is 16.4. The van der Waals surface area contributed by atoms with Crippen LogP contribution in [0.5, 0.6) is 0 Å². The van der Waals surface area contributed by atoms with Crippen molar-refractivity contribution < 1.29 is 9.52 Å². The van der Waals surface area contributed by atoms with Gasteiger partial charge in [-0.25, -0.2) is 9.78 Å². The van der Waals surface area contributed by atoms with Crippen molar-refractivity contribution in [2.45, 2.75) is 32.3 Å². The van der Waals surface area contributed by atoms with E-state index < -0.39 is 16.9 Å². The van der Waals surface area contributed by atoms with Gasteiger partial charge >= 0.3 is 5.69 Å². The highest BCUT2D eigenvalue weighted by Gasteiger charge is 2.44. The Bertz CT molecular complexity index is 1090. The molecular weight excluding hydrogens is 322 g/mol. The van der Waals surface area contributed by atoms with E-state index in [0.717, 1.165) is 11.1 Å². The normalized spacial score (nSPS) is 19.2. The Morgan fingerprint density at radius 3 is 2.76 bits per heavy atom. The van der Waals surface area contributed by atoms with Crippen molar-refractivity contribution in [2.24, 2.45) is 0 Å². The van der Waals surface area contributed by atoms with Crippen molar-refractivity contribution in [3.8, 4) is 0 Å². The summed E-state index contributed by atoms with van der Waals surface area (Å²) in [4.78, 5) is 32.8.